The predicted molar refractivity (Wildman–Crippen MR) is 66.7 cm³/mol. The molecule has 0 radical (unpaired) electrons. The number of nitrogens with two attached hydrogens (primary N) is 1. The average molecular weight is 220 g/mol. The van der Waals surface area contributed by atoms with Gasteiger partial charge in [0, 0.05) is 18.8 Å². The molecule has 1 aromatic carbocycles. The fourth-order valence-corrected chi connectivity index (χ4v) is 2.36. The van der Waals surface area contributed by atoms with Gasteiger partial charge in [-0.15, -0.1) is 0 Å². The van der Waals surface area contributed by atoms with E-state index in [4.69, 9.17) is 5.73 Å². The number of β-amino-alcohol motifs (C(OH)–C–C–N with tert-alkyl or cyclic N) is 1. The van der Waals surface area contributed by atoms with Crippen molar-refractivity contribution in [1.82, 2.24) is 0 Å². The van der Waals surface area contributed by atoms with Crippen molar-refractivity contribution in [3.8, 4) is 0 Å². The van der Waals surface area contributed by atoms with E-state index >= 15 is 0 Å². The Kier molecular flexibility index (Phi) is 3.80. The zero-order valence-corrected chi connectivity index (χ0v) is 9.60. The highest BCUT2D eigenvalue weighted by Gasteiger charge is 2.19. The van der Waals surface area contributed by atoms with Crippen molar-refractivity contribution < 1.29 is 5.11 Å². The second-order valence-electron chi connectivity index (χ2n) is 4.41. The number of benzene rings is 1. The van der Waals surface area contributed by atoms with Crippen molar-refractivity contribution in [3.05, 3.63) is 29.8 Å². The van der Waals surface area contributed by atoms with Gasteiger partial charge in [-0.3, -0.25) is 0 Å². The maximum Gasteiger partial charge on any atom is 0.0715 e. The highest BCUT2D eigenvalue weighted by Crippen LogP contribution is 2.24. The lowest BCUT2D eigenvalue weighted by atomic mass is 10.0. The molecule has 3 N–H and O–H groups in total. The predicted octanol–water partition coefficient (Wildman–Crippen LogP) is 1.15. The summed E-state index contributed by atoms with van der Waals surface area (Å²) in [4.78, 5) is 2.28. The van der Waals surface area contributed by atoms with Gasteiger partial charge in [-0.2, -0.15) is 0 Å². The third-order valence-electron chi connectivity index (χ3n) is 3.14. The van der Waals surface area contributed by atoms with Crippen LogP contribution in [0.15, 0.2) is 24.3 Å². The molecule has 0 amide bonds. The summed E-state index contributed by atoms with van der Waals surface area (Å²) < 4.78 is 0. The highest BCUT2D eigenvalue weighted by atomic mass is 16.3. The van der Waals surface area contributed by atoms with Gasteiger partial charge in [0.15, 0.2) is 0 Å². The van der Waals surface area contributed by atoms with Gasteiger partial charge in [0.25, 0.3) is 0 Å². The summed E-state index contributed by atoms with van der Waals surface area (Å²) in [5.41, 5.74) is 8.15. The van der Waals surface area contributed by atoms with E-state index in [2.05, 4.69) is 29.2 Å². The third-order valence-corrected chi connectivity index (χ3v) is 3.14. The highest BCUT2D eigenvalue weighted by molar-refractivity contribution is 5.54. The molecule has 88 valence electrons. The number of piperidine rings is 1. The topological polar surface area (TPSA) is 49.5 Å². The fourth-order valence-electron chi connectivity index (χ4n) is 2.36. The number of para-hydroxylation sites is 1. The van der Waals surface area contributed by atoms with Crippen molar-refractivity contribution in [2.75, 3.05) is 24.5 Å². The van der Waals surface area contributed by atoms with Crippen LogP contribution in [0.5, 0.6) is 0 Å². The van der Waals surface area contributed by atoms with Gasteiger partial charge in [-0.1, -0.05) is 18.2 Å². The molecule has 3 heteroatoms. The lowest BCUT2D eigenvalue weighted by Gasteiger charge is -2.33. The van der Waals surface area contributed by atoms with E-state index in [1.165, 1.54) is 11.3 Å². The van der Waals surface area contributed by atoms with Crippen LogP contribution in [-0.4, -0.2) is 30.8 Å². The van der Waals surface area contributed by atoms with Gasteiger partial charge in [0.05, 0.1) is 6.10 Å². The van der Waals surface area contributed by atoms with Crippen LogP contribution in [0.25, 0.3) is 0 Å². The Morgan fingerprint density at radius 1 is 1.38 bits per heavy atom. The zero-order valence-electron chi connectivity index (χ0n) is 9.60. The molecule has 1 atom stereocenters. The van der Waals surface area contributed by atoms with E-state index in [1.807, 2.05) is 0 Å². The maximum atomic E-state index is 9.70. The maximum absolute atomic E-state index is 9.70. The van der Waals surface area contributed by atoms with E-state index in [9.17, 15) is 5.11 Å². The normalized spacial score (nSPS) is 21.1. The van der Waals surface area contributed by atoms with Gasteiger partial charge in [0.1, 0.15) is 0 Å². The van der Waals surface area contributed by atoms with Crippen LogP contribution in [0.4, 0.5) is 5.69 Å². The van der Waals surface area contributed by atoms with Crippen LogP contribution < -0.4 is 10.6 Å². The summed E-state index contributed by atoms with van der Waals surface area (Å²) in [5.74, 6) is 0. The standard InChI is InChI=1S/C13H20N2O/c14-8-7-11-4-1-2-6-13(11)15-9-3-5-12(16)10-15/h1-2,4,6,12,16H,3,5,7-10,14H2. The van der Waals surface area contributed by atoms with Crippen LogP contribution in [0, 0.1) is 0 Å². The molecular formula is C13H20N2O. The monoisotopic (exact) mass is 220 g/mol. The number of hydrogen-bond donors (Lipinski definition) is 2. The number of anilines is 1. The van der Waals surface area contributed by atoms with Crippen molar-refractivity contribution >= 4 is 5.69 Å². The van der Waals surface area contributed by atoms with Crippen LogP contribution in [0.2, 0.25) is 0 Å². The lowest BCUT2D eigenvalue weighted by Crippen LogP contribution is -2.38. The van der Waals surface area contributed by atoms with Crippen LogP contribution in [0.1, 0.15) is 18.4 Å². The molecule has 1 aliphatic rings. The van der Waals surface area contributed by atoms with E-state index in [1.54, 1.807) is 0 Å². The molecular weight excluding hydrogens is 200 g/mol. The quantitative estimate of drug-likeness (QED) is 0.803. The Morgan fingerprint density at radius 3 is 2.94 bits per heavy atom. The van der Waals surface area contributed by atoms with Gasteiger partial charge >= 0.3 is 0 Å². The molecule has 1 heterocycles. The molecule has 0 aliphatic carbocycles. The molecule has 0 saturated carbocycles. The Hall–Kier alpha value is -1.06. The smallest absolute Gasteiger partial charge is 0.0715 e. The second-order valence-corrected chi connectivity index (χ2v) is 4.41. The number of aliphatic hydroxyl groups is 1. The molecule has 1 saturated heterocycles. The summed E-state index contributed by atoms with van der Waals surface area (Å²) in [5, 5.41) is 9.70. The zero-order chi connectivity index (χ0) is 11.4. The summed E-state index contributed by atoms with van der Waals surface area (Å²) in [6, 6.07) is 8.36. The Morgan fingerprint density at radius 2 is 2.19 bits per heavy atom. The first-order chi connectivity index (χ1) is 7.81. The molecule has 0 bridgehead atoms. The number of aliphatic hydroxyl groups excluding tert-OH is 1. The largest absolute Gasteiger partial charge is 0.391 e. The molecule has 3 nitrogen and oxygen atoms in total. The minimum Gasteiger partial charge on any atom is -0.391 e. The third kappa shape index (κ3) is 2.54. The Bertz CT molecular complexity index is 340. The van der Waals surface area contributed by atoms with E-state index in [0.717, 1.165) is 32.4 Å². The average Bonchev–Trinajstić information content (AvgIpc) is 2.30. The van der Waals surface area contributed by atoms with Crippen molar-refractivity contribution in [1.29, 1.82) is 0 Å². The number of hydrogen-bond acceptors (Lipinski definition) is 3. The first-order valence-electron chi connectivity index (χ1n) is 6.02. The minimum atomic E-state index is -0.181. The van der Waals surface area contributed by atoms with Gasteiger partial charge in [-0.25, -0.2) is 0 Å². The fraction of sp³-hybridized carbons (Fsp3) is 0.538. The van der Waals surface area contributed by atoms with Crippen LogP contribution >= 0.6 is 0 Å². The van der Waals surface area contributed by atoms with Crippen LogP contribution in [0.3, 0.4) is 0 Å². The summed E-state index contributed by atoms with van der Waals surface area (Å²) in [6.07, 6.45) is 2.72. The molecule has 16 heavy (non-hydrogen) atoms. The summed E-state index contributed by atoms with van der Waals surface area (Å²) in [7, 11) is 0. The van der Waals surface area contributed by atoms with Crippen molar-refractivity contribution in [2.45, 2.75) is 25.4 Å². The molecule has 0 spiro atoms. The van der Waals surface area contributed by atoms with E-state index < -0.39 is 0 Å². The van der Waals surface area contributed by atoms with Crippen molar-refractivity contribution in [3.63, 3.8) is 0 Å². The number of nitrogens with zero attached hydrogens (tertiary/aromatic N) is 1. The number of rotatable bonds is 3. The van der Waals surface area contributed by atoms with Crippen LogP contribution in [-0.2, 0) is 6.42 Å². The van der Waals surface area contributed by atoms with Gasteiger partial charge in [0.2, 0.25) is 0 Å². The SMILES string of the molecule is NCCc1ccccc1N1CCCC(O)C1. The lowest BCUT2D eigenvalue weighted by molar-refractivity contribution is 0.154. The molecule has 1 fully saturated rings. The first kappa shape index (κ1) is 11.4. The molecule has 2 rings (SSSR count). The van der Waals surface area contributed by atoms with E-state index in [-0.39, 0.29) is 6.10 Å². The van der Waals surface area contributed by atoms with Crippen molar-refractivity contribution in [2.24, 2.45) is 5.73 Å². The first-order valence-corrected chi connectivity index (χ1v) is 6.02. The molecule has 0 aromatic heterocycles. The molecule has 1 aliphatic heterocycles. The minimum absolute atomic E-state index is 0.181. The summed E-state index contributed by atoms with van der Waals surface area (Å²) >= 11 is 0. The van der Waals surface area contributed by atoms with Gasteiger partial charge in [-0.05, 0) is 37.4 Å². The van der Waals surface area contributed by atoms with E-state index in [0.29, 0.717) is 6.54 Å². The van der Waals surface area contributed by atoms with Gasteiger partial charge < -0.3 is 15.7 Å². The summed E-state index contributed by atoms with van der Waals surface area (Å²) in [6.45, 7) is 2.47. The molecule has 1 unspecified atom stereocenters. The Balaban J connectivity index is 2.17. The molecule has 1 aromatic rings. The second kappa shape index (κ2) is 5.32. The Labute approximate surface area is 96.9 Å².